The average molecular weight is 1830 g/mol. The molecule has 5 aliphatic carbocycles. The second kappa shape index (κ2) is 78.2. The minimum atomic E-state index is 0.355. The molecule has 4 atom stereocenters. The molecule has 0 bridgehead atoms. The predicted molar refractivity (Wildman–Crippen MR) is 560 cm³/mol. The highest BCUT2D eigenvalue weighted by molar-refractivity contribution is 4.85. The fourth-order valence-electron chi connectivity index (χ4n) is 23.0. The highest BCUT2D eigenvalue weighted by Gasteiger charge is 2.32. The lowest BCUT2D eigenvalue weighted by Gasteiger charge is -2.41. The van der Waals surface area contributed by atoms with Crippen molar-refractivity contribution in [2.45, 2.75) is 486 Å². The molecule has 12 nitrogen and oxygen atoms in total. The number of rotatable bonds is 26. The third-order valence-electron chi connectivity index (χ3n) is 29.3. The molecule has 0 N–H and O–H groups in total. The second-order valence-corrected chi connectivity index (χ2v) is 48.9. The number of hydrogen-bond acceptors (Lipinski definition) is 12. The van der Waals surface area contributed by atoms with E-state index >= 15 is 0 Å². The van der Waals surface area contributed by atoms with E-state index in [1.165, 1.54) is 309 Å². The molecule has 0 radical (unpaired) electrons. The van der Waals surface area contributed by atoms with E-state index < -0.39 is 0 Å². The van der Waals surface area contributed by atoms with Gasteiger partial charge < -0.3 is 52.4 Å². The van der Waals surface area contributed by atoms with Crippen molar-refractivity contribution >= 4 is 0 Å². The van der Waals surface area contributed by atoms with Crippen LogP contribution in [0.3, 0.4) is 0 Å². The molecule has 0 amide bonds. The maximum atomic E-state index is 5.46. The molecule has 0 aromatic heterocycles. The first-order valence-electron chi connectivity index (χ1n) is 57.3. The van der Waals surface area contributed by atoms with Gasteiger partial charge >= 0.3 is 0 Å². The van der Waals surface area contributed by atoms with Gasteiger partial charge in [0.1, 0.15) is 0 Å². The lowest BCUT2D eigenvalue weighted by molar-refractivity contribution is -0.0944. The Morgan fingerprint density at radius 2 is 0.419 bits per heavy atom. The van der Waals surface area contributed by atoms with Crippen LogP contribution in [-0.2, 0) is 42.6 Å². The normalized spacial score (nSPS) is 25.6. The molecule has 14 fully saturated rings. The lowest BCUT2D eigenvalue weighted by atomic mass is 9.80. The molecule has 0 spiro atoms. The molecule has 770 valence electrons. The van der Waals surface area contributed by atoms with E-state index in [2.05, 4.69) is 188 Å². The van der Waals surface area contributed by atoms with Gasteiger partial charge in [0.2, 0.25) is 0 Å². The first kappa shape index (κ1) is 123. The topological polar surface area (TPSA) is 92.8 Å². The maximum absolute atomic E-state index is 5.46. The van der Waals surface area contributed by atoms with Crippen LogP contribution < -0.4 is 0 Å². The van der Waals surface area contributed by atoms with Gasteiger partial charge in [-0.1, -0.05) is 301 Å². The smallest absolute Gasteiger partial charge is 0.0812 e. The van der Waals surface area contributed by atoms with Crippen LogP contribution in [0.15, 0.2) is 0 Å². The summed E-state index contributed by atoms with van der Waals surface area (Å²) < 4.78 is 47.8. The van der Waals surface area contributed by atoms with E-state index in [0.29, 0.717) is 36.1 Å². The van der Waals surface area contributed by atoms with Gasteiger partial charge in [0.25, 0.3) is 0 Å². The Labute approximate surface area is 807 Å². The lowest BCUT2D eigenvalue weighted by Crippen LogP contribution is -2.51. The van der Waals surface area contributed by atoms with Gasteiger partial charge in [-0.3, -0.25) is 4.90 Å². The summed E-state index contributed by atoms with van der Waals surface area (Å²) in [6, 6.07) is 1.71. The third kappa shape index (κ3) is 69.9. The van der Waals surface area contributed by atoms with Crippen LogP contribution in [-0.4, -0.2) is 191 Å². The zero-order chi connectivity index (χ0) is 94.8. The van der Waals surface area contributed by atoms with Crippen molar-refractivity contribution in [2.75, 3.05) is 145 Å². The number of hydrogen-bond donors (Lipinski definition) is 0. The monoisotopic (exact) mass is 1820 g/mol. The summed E-state index contributed by atoms with van der Waals surface area (Å²) in [6.07, 6.45) is 66.1. The molecule has 9 saturated heterocycles. The van der Waals surface area contributed by atoms with Crippen LogP contribution in [0.5, 0.6) is 0 Å². The van der Waals surface area contributed by atoms with Crippen molar-refractivity contribution in [1.29, 1.82) is 0 Å². The van der Waals surface area contributed by atoms with Crippen LogP contribution >= 0.6 is 0 Å². The Balaban J connectivity index is 0.000000364. The molecule has 9 aliphatic heterocycles. The number of likely N-dealkylation sites (tertiary alicyclic amines) is 3. The van der Waals surface area contributed by atoms with Crippen LogP contribution in [0.25, 0.3) is 0 Å². The van der Waals surface area contributed by atoms with Crippen molar-refractivity contribution < 1.29 is 42.6 Å². The van der Waals surface area contributed by atoms with Gasteiger partial charge in [0.05, 0.1) is 110 Å². The van der Waals surface area contributed by atoms with E-state index in [-0.39, 0.29) is 0 Å². The molecule has 14 aliphatic rings. The van der Waals surface area contributed by atoms with Gasteiger partial charge in [-0.05, 0) is 319 Å². The summed E-state index contributed by atoms with van der Waals surface area (Å²) in [4.78, 5) is 7.85. The quantitative estimate of drug-likeness (QED) is 0.0826. The summed E-state index contributed by atoms with van der Waals surface area (Å²) in [5.41, 5.74) is 0. The zero-order valence-corrected chi connectivity index (χ0v) is 91.7. The molecule has 129 heavy (non-hydrogen) atoms. The van der Waals surface area contributed by atoms with E-state index in [0.717, 1.165) is 237 Å². The standard InChI is InChI=1S/C15H29N.C12H23NO.C10H21N.4C10H20.C9H18O.3C8H16O2.C7H14O/c1-13(2)12-14-6-8-15(9-7-14)16-10-4-3-5-11-16;1-10(2)7-11-3-5-13(6-4-11)12-8-14-9-12;1-9(2)8-10-4-6-11(3)7-5-10;4*1-9(2)8-10-6-4-3-5-7-10;1-8(2)6-9-4-3-5-10-7-9;3*1-7(2)5-8-6-9-3-4-10-8;1-6(2)3-7-4-8-5-7/h13-15H,3-12H2,1-2H3;10-12H,3-9H2,1-2H3;9-10H,4-8H2,1-3H3;4*9-10H,3-8H2,1-2H3;8-9H,3-7H2,1-2H3;3*7-8H,3-6H2,1-2H3;6-7H,3-5H2,1-2H3/t;;;;;;;9-;2*8-;;/m.......010../s1. The fraction of sp³-hybridized carbons (Fsp3) is 1.00. The van der Waals surface area contributed by atoms with Gasteiger partial charge in [-0.25, -0.2) is 0 Å². The van der Waals surface area contributed by atoms with E-state index in [1.807, 2.05) is 0 Å². The van der Waals surface area contributed by atoms with Crippen molar-refractivity contribution in [2.24, 2.45) is 124 Å². The first-order valence-corrected chi connectivity index (χ1v) is 57.3. The van der Waals surface area contributed by atoms with Crippen molar-refractivity contribution in [1.82, 2.24) is 14.7 Å². The fourth-order valence-corrected chi connectivity index (χ4v) is 23.0. The Hall–Kier alpha value is -0.480. The predicted octanol–water partition coefficient (Wildman–Crippen LogP) is 31.5. The SMILES string of the molecule is CC(C)CC1CCC(N2CCCCC2)CC1.CC(C)CC1CCCCC1.CC(C)CC1CCCCC1.CC(C)CC1CCCCC1.CC(C)CC1CCCCC1.CC(C)CC1CCN(C)CC1.CC(C)CC1CCN(C2COC2)CC1.CC(C)CC1COC1.CC(C)CC1COCCO1.CC(C)C[C@@H]1CCCOC1.CC(C)C[C@@H]1COCCO1.CC(C)C[C@H]1COCCO1. The average Bonchev–Trinajstić information content (AvgIpc) is 0.860. The van der Waals surface area contributed by atoms with Crippen LogP contribution in [0, 0.1) is 124 Å². The minimum absolute atomic E-state index is 0.355. The largest absolute Gasteiger partial charge is 0.381 e. The summed E-state index contributed by atoms with van der Waals surface area (Å²) in [7, 11) is 2.23. The summed E-state index contributed by atoms with van der Waals surface area (Å²) in [5.74, 6) is 19.3. The van der Waals surface area contributed by atoms with Gasteiger partial charge in [0.15, 0.2) is 0 Å². The third-order valence-corrected chi connectivity index (χ3v) is 29.3. The highest BCUT2D eigenvalue weighted by atomic mass is 16.6. The zero-order valence-electron chi connectivity index (χ0n) is 91.7. The van der Waals surface area contributed by atoms with E-state index in [4.69, 9.17) is 42.6 Å². The Morgan fingerprint density at radius 3 is 0.667 bits per heavy atom. The molecule has 5 saturated carbocycles. The van der Waals surface area contributed by atoms with Crippen molar-refractivity contribution in [3.8, 4) is 0 Å². The van der Waals surface area contributed by atoms with Crippen LogP contribution in [0.1, 0.15) is 455 Å². The van der Waals surface area contributed by atoms with Gasteiger partial charge in [0, 0.05) is 25.2 Å². The molecular weight excluding hydrogens is 1590 g/mol. The number of nitrogens with zero attached hydrogens (tertiary/aromatic N) is 3. The molecular formula is C117H233N3O9. The summed E-state index contributed by atoms with van der Waals surface area (Å²) >= 11 is 0. The molecule has 1 unspecified atom stereocenters. The van der Waals surface area contributed by atoms with Gasteiger partial charge in [-0.15, -0.1) is 0 Å². The van der Waals surface area contributed by atoms with Crippen LogP contribution in [0.4, 0.5) is 0 Å². The Bertz CT molecular complexity index is 2050. The Kier molecular flexibility index (Phi) is 74.4. The molecule has 14 rings (SSSR count). The molecule has 12 heteroatoms. The molecule has 0 aromatic carbocycles. The number of ether oxygens (including phenoxy) is 9. The number of piperidine rings is 3. The van der Waals surface area contributed by atoms with Crippen molar-refractivity contribution in [3.63, 3.8) is 0 Å². The van der Waals surface area contributed by atoms with E-state index in [9.17, 15) is 0 Å². The summed E-state index contributed by atoms with van der Waals surface area (Å²) in [6.45, 7) is 76.2. The molecule has 9 heterocycles. The van der Waals surface area contributed by atoms with Gasteiger partial charge in [-0.2, -0.15) is 0 Å². The summed E-state index contributed by atoms with van der Waals surface area (Å²) in [5, 5.41) is 0. The van der Waals surface area contributed by atoms with Crippen molar-refractivity contribution in [3.05, 3.63) is 0 Å². The molecule has 0 aromatic rings. The highest BCUT2D eigenvalue weighted by Crippen LogP contribution is 2.36. The maximum Gasteiger partial charge on any atom is 0.0812 e. The second-order valence-electron chi connectivity index (χ2n) is 48.9. The van der Waals surface area contributed by atoms with E-state index in [1.54, 1.807) is 0 Å². The Morgan fingerprint density at radius 1 is 0.178 bits per heavy atom. The van der Waals surface area contributed by atoms with Crippen LogP contribution in [0.2, 0.25) is 0 Å². The minimum Gasteiger partial charge on any atom is -0.381 e. The first-order chi connectivity index (χ1) is 61.8.